The monoisotopic (exact) mass is 312 g/mol. The molecular weight excluding hydrogens is 296 g/mol. The first kappa shape index (κ1) is 15.4. The number of hydrogen-bond donors (Lipinski definition) is 3. The SMILES string of the molecule is COc1cc(NC(=O)NC2CCCC2)c(Cl)cc1C(=O)O. The second kappa shape index (κ2) is 6.67. The number of amides is 2. The van der Waals surface area contributed by atoms with Crippen molar-refractivity contribution in [3.63, 3.8) is 0 Å². The van der Waals surface area contributed by atoms with Crippen molar-refractivity contribution in [2.45, 2.75) is 31.7 Å². The second-order valence-electron chi connectivity index (χ2n) is 4.92. The minimum Gasteiger partial charge on any atom is -0.496 e. The summed E-state index contributed by atoms with van der Waals surface area (Å²) in [4.78, 5) is 23.0. The Morgan fingerprint density at radius 1 is 1.33 bits per heavy atom. The average Bonchev–Trinajstić information content (AvgIpc) is 2.93. The largest absolute Gasteiger partial charge is 0.496 e. The Morgan fingerprint density at radius 3 is 2.57 bits per heavy atom. The van der Waals surface area contributed by atoms with Gasteiger partial charge in [0.05, 0.1) is 17.8 Å². The number of benzene rings is 1. The first-order valence-electron chi connectivity index (χ1n) is 6.69. The summed E-state index contributed by atoms with van der Waals surface area (Å²) in [5, 5.41) is 14.7. The van der Waals surface area contributed by atoms with Crippen LogP contribution in [0.4, 0.5) is 10.5 Å². The highest BCUT2D eigenvalue weighted by atomic mass is 35.5. The fourth-order valence-corrected chi connectivity index (χ4v) is 2.61. The molecule has 1 aromatic carbocycles. The normalized spacial score (nSPS) is 14.8. The topological polar surface area (TPSA) is 87.7 Å². The molecule has 0 aromatic heterocycles. The van der Waals surface area contributed by atoms with Crippen LogP contribution in [0, 0.1) is 0 Å². The zero-order chi connectivity index (χ0) is 15.4. The second-order valence-corrected chi connectivity index (χ2v) is 5.32. The molecule has 0 spiro atoms. The van der Waals surface area contributed by atoms with E-state index in [1.54, 1.807) is 0 Å². The molecule has 0 unspecified atom stereocenters. The molecule has 1 saturated carbocycles. The van der Waals surface area contributed by atoms with Gasteiger partial charge >= 0.3 is 12.0 Å². The van der Waals surface area contributed by atoms with Crippen LogP contribution in [-0.4, -0.2) is 30.3 Å². The molecule has 3 N–H and O–H groups in total. The molecule has 0 aliphatic heterocycles. The quantitative estimate of drug-likeness (QED) is 0.797. The molecule has 0 bridgehead atoms. The van der Waals surface area contributed by atoms with Crippen LogP contribution in [0.5, 0.6) is 5.75 Å². The van der Waals surface area contributed by atoms with Gasteiger partial charge in [-0.15, -0.1) is 0 Å². The van der Waals surface area contributed by atoms with Crippen molar-refractivity contribution in [1.82, 2.24) is 5.32 Å². The Morgan fingerprint density at radius 2 is 2.00 bits per heavy atom. The molecule has 0 saturated heterocycles. The Hall–Kier alpha value is -1.95. The van der Waals surface area contributed by atoms with Crippen molar-refractivity contribution in [3.05, 3.63) is 22.7 Å². The van der Waals surface area contributed by atoms with Crippen LogP contribution in [-0.2, 0) is 0 Å². The van der Waals surface area contributed by atoms with E-state index in [0.717, 1.165) is 25.7 Å². The lowest BCUT2D eigenvalue weighted by Crippen LogP contribution is -2.36. The van der Waals surface area contributed by atoms with Gasteiger partial charge in [0.15, 0.2) is 0 Å². The highest BCUT2D eigenvalue weighted by molar-refractivity contribution is 6.34. The van der Waals surface area contributed by atoms with Gasteiger partial charge < -0.3 is 20.5 Å². The van der Waals surface area contributed by atoms with E-state index in [2.05, 4.69) is 10.6 Å². The number of hydrogen-bond acceptors (Lipinski definition) is 3. The van der Waals surface area contributed by atoms with Gasteiger partial charge in [0.1, 0.15) is 11.3 Å². The van der Waals surface area contributed by atoms with Crippen LogP contribution in [0.2, 0.25) is 5.02 Å². The van der Waals surface area contributed by atoms with E-state index in [0.29, 0.717) is 5.69 Å². The summed E-state index contributed by atoms with van der Waals surface area (Å²) in [6.45, 7) is 0. The van der Waals surface area contributed by atoms with Crippen molar-refractivity contribution in [1.29, 1.82) is 0 Å². The van der Waals surface area contributed by atoms with Crippen LogP contribution in [0.15, 0.2) is 12.1 Å². The fraction of sp³-hybridized carbons (Fsp3) is 0.429. The number of ether oxygens (including phenoxy) is 1. The average molecular weight is 313 g/mol. The fourth-order valence-electron chi connectivity index (χ4n) is 2.40. The summed E-state index contributed by atoms with van der Waals surface area (Å²) in [7, 11) is 1.36. The maximum Gasteiger partial charge on any atom is 0.339 e. The van der Waals surface area contributed by atoms with Crippen molar-refractivity contribution in [2.24, 2.45) is 0 Å². The standard InChI is InChI=1S/C14H17ClN2O4/c1-21-12-7-11(10(15)6-9(12)13(18)19)17-14(20)16-8-4-2-3-5-8/h6-8H,2-5H2,1H3,(H,18,19)(H2,16,17,20). The Kier molecular flexibility index (Phi) is 4.90. The van der Waals surface area contributed by atoms with Gasteiger partial charge in [-0.1, -0.05) is 24.4 Å². The smallest absolute Gasteiger partial charge is 0.339 e. The lowest BCUT2D eigenvalue weighted by molar-refractivity contribution is 0.0693. The maximum atomic E-state index is 11.9. The molecule has 1 aliphatic rings. The number of halogens is 1. The Balaban J connectivity index is 2.12. The van der Waals surface area contributed by atoms with Crippen molar-refractivity contribution in [2.75, 3.05) is 12.4 Å². The lowest BCUT2D eigenvalue weighted by Gasteiger charge is -2.15. The zero-order valence-corrected chi connectivity index (χ0v) is 12.4. The molecule has 0 heterocycles. The molecular formula is C14H17ClN2O4. The zero-order valence-electron chi connectivity index (χ0n) is 11.6. The molecule has 2 amide bonds. The van der Waals surface area contributed by atoms with Gasteiger partial charge in [-0.2, -0.15) is 0 Å². The number of methoxy groups -OCH3 is 1. The van der Waals surface area contributed by atoms with E-state index in [1.165, 1.54) is 19.2 Å². The summed E-state index contributed by atoms with van der Waals surface area (Å²) in [6.07, 6.45) is 4.19. The Labute approximate surface area is 127 Å². The molecule has 1 aliphatic carbocycles. The highest BCUT2D eigenvalue weighted by Gasteiger charge is 2.19. The van der Waals surface area contributed by atoms with E-state index in [4.69, 9.17) is 21.4 Å². The van der Waals surface area contributed by atoms with Gasteiger partial charge in [0.25, 0.3) is 0 Å². The lowest BCUT2D eigenvalue weighted by atomic mass is 10.2. The first-order chi connectivity index (χ1) is 10.0. The van der Waals surface area contributed by atoms with Crippen molar-refractivity contribution < 1.29 is 19.4 Å². The number of urea groups is 1. The Bertz CT molecular complexity index is 556. The molecule has 1 fully saturated rings. The summed E-state index contributed by atoms with van der Waals surface area (Å²) >= 11 is 6.00. The van der Waals surface area contributed by atoms with Gasteiger partial charge in [-0.3, -0.25) is 0 Å². The third kappa shape index (κ3) is 3.78. The molecule has 6 nitrogen and oxygen atoms in total. The van der Waals surface area contributed by atoms with Gasteiger partial charge in [0, 0.05) is 12.1 Å². The third-order valence-corrected chi connectivity index (χ3v) is 3.77. The molecule has 2 rings (SSSR count). The predicted octanol–water partition coefficient (Wildman–Crippen LogP) is 3.11. The van der Waals surface area contributed by atoms with Gasteiger partial charge in [-0.25, -0.2) is 9.59 Å². The van der Waals surface area contributed by atoms with E-state index in [9.17, 15) is 9.59 Å². The van der Waals surface area contributed by atoms with Crippen LogP contribution >= 0.6 is 11.6 Å². The number of nitrogens with one attached hydrogen (secondary N) is 2. The van der Waals surface area contributed by atoms with Crippen LogP contribution in [0.1, 0.15) is 36.0 Å². The van der Waals surface area contributed by atoms with Crippen molar-refractivity contribution in [3.8, 4) is 5.75 Å². The maximum absolute atomic E-state index is 11.9. The van der Waals surface area contributed by atoms with Crippen molar-refractivity contribution >= 4 is 29.3 Å². The number of rotatable bonds is 4. The van der Waals surface area contributed by atoms with Crippen LogP contribution < -0.4 is 15.4 Å². The summed E-state index contributed by atoms with van der Waals surface area (Å²) in [6, 6.07) is 2.49. The van der Waals surface area contributed by atoms with E-state index in [1.807, 2.05) is 0 Å². The first-order valence-corrected chi connectivity index (χ1v) is 7.07. The molecule has 0 radical (unpaired) electrons. The van der Waals surface area contributed by atoms with E-state index < -0.39 is 5.97 Å². The number of carbonyl (C=O) groups excluding carboxylic acids is 1. The summed E-state index contributed by atoms with van der Waals surface area (Å²) < 4.78 is 5.01. The minimum absolute atomic E-state index is 0.0516. The predicted molar refractivity (Wildman–Crippen MR) is 79.4 cm³/mol. The molecule has 7 heteroatoms. The molecule has 1 aromatic rings. The van der Waals surface area contributed by atoms with Gasteiger partial charge in [-0.05, 0) is 18.9 Å². The highest BCUT2D eigenvalue weighted by Crippen LogP contribution is 2.31. The van der Waals surface area contributed by atoms with Crippen LogP contribution in [0.25, 0.3) is 0 Å². The number of carbonyl (C=O) groups is 2. The summed E-state index contributed by atoms with van der Waals surface area (Å²) in [5.74, 6) is -1.00. The molecule has 0 atom stereocenters. The third-order valence-electron chi connectivity index (χ3n) is 3.46. The molecule has 21 heavy (non-hydrogen) atoms. The van der Waals surface area contributed by atoms with Crippen LogP contribution in [0.3, 0.4) is 0 Å². The minimum atomic E-state index is -1.14. The number of carboxylic acid groups (broad SMARTS) is 1. The molecule has 114 valence electrons. The number of aromatic carboxylic acids is 1. The van der Waals surface area contributed by atoms with E-state index in [-0.39, 0.29) is 28.4 Å². The summed E-state index contributed by atoms with van der Waals surface area (Å²) in [5.41, 5.74) is 0.262. The van der Waals surface area contributed by atoms with Gasteiger partial charge in [0.2, 0.25) is 0 Å². The number of carboxylic acids is 1. The number of anilines is 1. The van der Waals surface area contributed by atoms with E-state index >= 15 is 0 Å².